The van der Waals surface area contributed by atoms with Gasteiger partial charge in [0.1, 0.15) is 23.9 Å². The zero-order chi connectivity index (χ0) is 14.7. The molecular formula is C17H19NO3. The summed E-state index contributed by atoms with van der Waals surface area (Å²) >= 11 is 0. The van der Waals surface area contributed by atoms with E-state index in [0.29, 0.717) is 6.61 Å². The van der Waals surface area contributed by atoms with Gasteiger partial charge in [-0.15, -0.1) is 0 Å². The van der Waals surface area contributed by atoms with Crippen LogP contribution in [0.15, 0.2) is 42.5 Å². The number of hydrogen-bond donors (Lipinski definition) is 2. The molecular weight excluding hydrogens is 266 g/mol. The van der Waals surface area contributed by atoms with Crippen molar-refractivity contribution >= 4 is 5.69 Å². The zero-order valence-corrected chi connectivity index (χ0v) is 12.0. The van der Waals surface area contributed by atoms with E-state index < -0.39 is 0 Å². The van der Waals surface area contributed by atoms with Crippen LogP contribution in [0.3, 0.4) is 0 Å². The normalized spacial score (nSPS) is 16.1. The molecule has 1 heterocycles. The fourth-order valence-electron chi connectivity index (χ4n) is 2.42. The van der Waals surface area contributed by atoms with Gasteiger partial charge < -0.3 is 19.9 Å². The lowest BCUT2D eigenvalue weighted by atomic mass is 10.1. The van der Waals surface area contributed by atoms with Crippen molar-refractivity contribution in [3.05, 3.63) is 48.0 Å². The first-order chi connectivity index (χ1) is 10.3. The fraction of sp³-hybridized carbons (Fsp3) is 0.294. The third kappa shape index (κ3) is 3.05. The van der Waals surface area contributed by atoms with Gasteiger partial charge in [-0.05, 0) is 30.7 Å². The van der Waals surface area contributed by atoms with Crippen LogP contribution in [0.5, 0.6) is 17.2 Å². The van der Waals surface area contributed by atoms with Gasteiger partial charge in [0.25, 0.3) is 0 Å². The van der Waals surface area contributed by atoms with Gasteiger partial charge >= 0.3 is 0 Å². The highest BCUT2D eigenvalue weighted by atomic mass is 16.5. The summed E-state index contributed by atoms with van der Waals surface area (Å²) in [7, 11) is 0. The largest absolute Gasteiger partial charge is 0.508 e. The highest BCUT2D eigenvalue weighted by molar-refractivity contribution is 5.53. The Labute approximate surface area is 124 Å². The van der Waals surface area contributed by atoms with Crippen molar-refractivity contribution in [3.63, 3.8) is 0 Å². The monoisotopic (exact) mass is 285 g/mol. The number of aromatic hydroxyl groups is 1. The lowest BCUT2D eigenvalue weighted by molar-refractivity contribution is 0.317. The molecule has 0 radical (unpaired) electrons. The topological polar surface area (TPSA) is 50.7 Å². The minimum Gasteiger partial charge on any atom is -0.508 e. The molecule has 1 aliphatic heterocycles. The van der Waals surface area contributed by atoms with E-state index in [1.807, 2.05) is 30.3 Å². The highest BCUT2D eigenvalue weighted by Crippen LogP contribution is 2.37. The molecule has 3 rings (SSSR count). The molecule has 21 heavy (non-hydrogen) atoms. The van der Waals surface area contributed by atoms with Crippen LogP contribution in [-0.4, -0.2) is 18.3 Å². The zero-order valence-electron chi connectivity index (χ0n) is 12.0. The average Bonchev–Trinajstić information content (AvgIpc) is 2.87. The summed E-state index contributed by atoms with van der Waals surface area (Å²) in [6.45, 7) is 3.36. The summed E-state index contributed by atoms with van der Waals surface area (Å²) in [6, 6.07) is 13.2. The summed E-state index contributed by atoms with van der Waals surface area (Å²) in [4.78, 5) is 0. The second-order valence-electron chi connectivity index (χ2n) is 5.11. The number of anilines is 1. The SMILES string of the molecule is CCCOc1cccc(NC2COc3cc(O)ccc32)c1. The molecule has 0 aromatic heterocycles. The van der Waals surface area contributed by atoms with E-state index in [0.717, 1.165) is 35.8 Å². The van der Waals surface area contributed by atoms with Gasteiger partial charge in [0.05, 0.1) is 12.6 Å². The molecule has 0 spiro atoms. The first kappa shape index (κ1) is 13.6. The molecule has 0 fully saturated rings. The van der Waals surface area contributed by atoms with Crippen LogP contribution in [0.4, 0.5) is 5.69 Å². The minimum absolute atomic E-state index is 0.0852. The molecule has 2 aromatic carbocycles. The average molecular weight is 285 g/mol. The Morgan fingerprint density at radius 2 is 2.19 bits per heavy atom. The van der Waals surface area contributed by atoms with Crippen LogP contribution >= 0.6 is 0 Å². The Bertz CT molecular complexity index is 627. The number of nitrogens with one attached hydrogen (secondary N) is 1. The van der Waals surface area contributed by atoms with E-state index >= 15 is 0 Å². The van der Waals surface area contributed by atoms with Crippen LogP contribution in [-0.2, 0) is 0 Å². The number of fused-ring (bicyclic) bond motifs is 1. The number of phenolic OH excluding ortho intramolecular Hbond substituents is 1. The summed E-state index contributed by atoms with van der Waals surface area (Å²) in [5.74, 6) is 1.84. The second-order valence-corrected chi connectivity index (χ2v) is 5.11. The predicted molar refractivity (Wildman–Crippen MR) is 82.2 cm³/mol. The molecule has 0 bridgehead atoms. The van der Waals surface area contributed by atoms with Gasteiger partial charge in [-0.1, -0.05) is 13.0 Å². The molecule has 0 saturated heterocycles. The third-order valence-corrected chi connectivity index (χ3v) is 3.43. The number of ether oxygens (including phenoxy) is 2. The molecule has 0 amide bonds. The minimum atomic E-state index is 0.0852. The molecule has 1 atom stereocenters. The fourth-order valence-corrected chi connectivity index (χ4v) is 2.42. The summed E-state index contributed by atoms with van der Waals surface area (Å²) in [5, 5.41) is 12.9. The Morgan fingerprint density at radius 3 is 3.05 bits per heavy atom. The lowest BCUT2D eigenvalue weighted by Crippen LogP contribution is -2.11. The summed E-state index contributed by atoms with van der Waals surface area (Å²) in [6.07, 6.45) is 0.991. The van der Waals surface area contributed by atoms with Gasteiger partial charge in [0.15, 0.2) is 0 Å². The van der Waals surface area contributed by atoms with Crippen molar-refractivity contribution < 1.29 is 14.6 Å². The van der Waals surface area contributed by atoms with E-state index in [9.17, 15) is 5.11 Å². The predicted octanol–water partition coefficient (Wildman–Crippen LogP) is 3.73. The Kier molecular flexibility index (Phi) is 3.86. The van der Waals surface area contributed by atoms with Gasteiger partial charge in [-0.2, -0.15) is 0 Å². The highest BCUT2D eigenvalue weighted by Gasteiger charge is 2.24. The molecule has 2 N–H and O–H groups in total. The van der Waals surface area contributed by atoms with E-state index in [2.05, 4.69) is 12.2 Å². The molecule has 0 aliphatic carbocycles. The maximum absolute atomic E-state index is 9.47. The lowest BCUT2D eigenvalue weighted by Gasteiger charge is -2.14. The number of phenols is 1. The molecule has 0 saturated carbocycles. The first-order valence-corrected chi connectivity index (χ1v) is 7.21. The summed E-state index contributed by atoms with van der Waals surface area (Å²) in [5.41, 5.74) is 2.06. The number of benzene rings is 2. The third-order valence-electron chi connectivity index (χ3n) is 3.43. The molecule has 1 aliphatic rings. The van der Waals surface area contributed by atoms with Gasteiger partial charge in [0, 0.05) is 23.4 Å². The van der Waals surface area contributed by atoms with E-state index in [1.54, 1.807) is 12.1 Å². The van der Waals surface area contributed by atoms with Crippen molar-refractivity contribution in [3.8, 4) is 17.2 Å². The summed E-state index contributed by atoms with van der Waals surface area (Å²) < 4.78 is 11.2. The molecule has 1 unspecified atom stereocenters. The first-order valence-electron chi connectivity index (χ1n) is 7.21. The van der Waals surface area contributed by atoms with Crippen molar-refractivity contribution in [2.45, 2.75) is 19.4 Å². The van der Waals surface area contributed by atoms with Crippen LogP contribution in [0, 0.1) is 0 Å². The molecule has 4 heteroatoms. The van der Waals surface area contributed by atoms with Crippen LogP contribution in [0.25, 0.3) is 0 Å². The van der Waals surface area contributed by atoms with Crippen LogP contribution in [0.2, 0.25) is 0 Å². The second kappa shape index (κ2) is 5.95. The van der Waals surface area contributed by atoms with Crippen molar-refractivity contribution in [2.75, 3.05) is 18.5 Å². The van der Waals surface area contributed by atoms with Crippen LogP contribution in [0.1, 0.15) is 24.9 Å². The van der Waals surface area contributed by atoms with E-state index in [4.69, 9.17) is 9.47 Å². The number of hydrogen-bond acceptors (Lipinski definition) is 4. The van der Waals surface area contributed by atoms with Crippen LogP contribution < -0.4 is 14.8 Å². The van der Waals surface area contributed by atoms with Gasteiger partial charge in [-0.3, -0.25) is 0 Å². The van der Waals surface area contributed by atoms with Crippen molar-refractivity contribution in [1.29, 1.82) is 0 Å². The Morgan fingerprint density at radius 1 is 1.29 bits per heavy atom. The van der Waals surface area contributed by atoms with E-state index in [-0.39, 0.29) is 11.8 Å². The van der Waals surface area contributed by atoms with Crippen molar-refractivity contribution in [2.24, 2.45) is 0 Å². The Hall–Kier alpha value is -2.36. The molecule has 4 nitrogen and oxygen atoms in total. The van der Waals surface area contributed by atoms with Gasteiger partial charge in [-0.25, -0.2) is 0 Å². The quantitative estimate of drug-likeness (QED) is 0.879. The van der Waals surface area contributed by atoms with Crippen molar-refractivity contribution in [1.82, 2.24) is 0 Å². The Balaban J connectivity index is 1.73. The maximum Gasteiger partial charge on any atom is 0.128 e. The smallest absolute Gasteiger partial charge is 0.128 e. The molecule has 2 aromatic rings. The number of rotatable bonds is 5. The standard InChI is InChI=1S/C17H19NO3/c1-2-8-20-14-5-3-4-12(9-14)18-16-11-21-17-10-13(19)6-7-15(16)17/h3-7,9-10,16,18-19H,2,8,11H2,1H3. The maximum atomic E-state index is 9.47. The molecule has 110 valence electrons. The van der Waals surface area contributed by atoms with E-state index in [1.165, 1.54) is 0 Å². The van der Waals surface area contributed by atoms with Gasteiger partial charge in [0.2, 0.25) is 0 Å².